The maximum Gasteiger partial charge on any atom is 0.310 e. The van der Waals surface area contributed by atoms with Crippen LogP contribution in [0.1, 0.15) is 24.8 Å². The van der Waals surface area contributed by atoms with Crippen molar-refractivity contribution in [1.29, 1.82) is 0 Å². The summed E-state index contributed by atoms with van der Waals surface area (Å²) in [4.78, 5) is 16.1. The van der Waals surface area contributed by atoms with Gasteiger partial charge in [-0.15, -0.1) is 0 Å². The monoisotopic (exact) mass is 264 g/mol. The molecule has 0 aromatic carbocycles. The van der Waals surface area contributed by atoms with Gasteiger partial charge in [0.2, 0.25) is 5.88 Å². The molecular formula is C14H20N2O3. The minimum absolute atomic E-state index is 0.129. The standard InChI is InChI=1S/C14H20N2O3/c1-3-19-14(17)12-9-15-6-5-11(12)10-4-7-16-13(8-10)18-2/h4,7-8,11-12,15H,3,5-6,9H2,1-2H3/t11-,12-/m1/s1. The van der Waals surface area contributed by atoms with Gasteiger partial charge in [-0.25, -0.2) is 4.98 Å². The van der Waals surface area contributed by atoms with Gasteiger partial charge in [0, 0.05) is 18.8 Å². The molecule has 5 heteroatoms. The highest BCUT2D eigenvalue weighted by Crippen LogP contribution is 2.32. The van der Waals surface area contributed by atoms with Gasteiger partial charge in [-0.1, -0.05) is 0 Å². The van der Waals surface area contributed by atoms with Crippen molar-refractivity contribution in [1.82, 2.24) is 10.3 Å². The molecule has 2 atom stereocenters. The second kappa shape index (κ2) is 6.52. The highest BCUT2D eigenvalue weighted by atomic mass is 16.5. The highest BCUT2D eigenvalue weighted by molar-refractivity contribution is 5.74. The van der Waals surface area contributed by atoms with E-state index in [1.807, 2.05) is 19.1 Å². The van der Waals surface area contributed by atoms with Crippen molar-refractivity contribution in [3.05, 3.63) is 23.9 Å². The van der Waals surface area contributed by atoms with Gasteiger partial charge in [0.15, 0.2) is 0 Å². The lowest BCUT2D eigenvalue weighted by Crippen LogP contribution is -2.40. The number of aromatic nitrogens is 1. The average molecular weight is 264 g/mol. The molecule has 104 valence electrons. The molecule has 2 rings (SSSR count). The third-order valence-electron chi connectivity index (χ3n) is 3.47. The summed E-state index contributed by atoms with van der Waals surface area (Å²) in [6, 6.07) is 3.85. The molecule has 1 aromatic rings. The number of methoxy groups -OCH3 is 1. The van der Waals surface area contributed by atoms with E-state index in [1.54, 1.807) is 13.3 Å². The zero-order valence-electron chi connectivity index (χ0n) is 11.4. The van der Waals surface area contributed by atoms with E-state index in [0.717, 1.165) is 18.5 Å². The van der Waals surface area contributed by atoms with Gasteiger partial charge in [-0.05, 0) is 37.4 Å². The van der Waals surface area contributed by atoms with Gasteiger partial charge in [0.25, 0.3) is 0 Å². The van der Waals surface area contributed by atoms with Gasteiger partial charge in [0.05, 0.1) is 19.6 Å². The van der Waals surface area contributed by atoms with Crippen LogP contribution >= 0.6 is 0 Å². The van der Waals surface area contributed by atoms with E-state index in [0.29, 0.717) is 19.0 Å². The summed E-state index contributed by atoms with van der Waals surface area (Å²) in [5.74, 6) is 0.479. The van der Waals surface area contributed by atoms with E-state index in [4.69, 9.17) is 9.47 Å². The molecule has 19 heavy (non-hydrogen) atoms. The second-order valence-corrected chi connectivity index (χ2v) is 4.59. The molecule has 1 saturated heterocycles. The molecule has 1 aliphatic rings. The van der Waals surface area contributed by atoms with Crippen molar-refractivity contribution in [2.45, 2.75) is 19.3 Å². The molecule has 1 fully saturated rings. The Hall–Kier alpha value is -1.62. The first kappa shape index (κ1) is 13.8. The quantitative estimate of drug-likeness (QED) is 0.832. The smallest absolute Gasteiger partial charge is 0.310 e. The maximum absolute atomic E-state index is 12.0. The van der Waals surface area contributed by atoms with Crippen molar-refractivity contribution in [3.63, 3.8) is 0 Å². The predicted molar refractivity (Wildman–Crippen MR) is 71.1 cm³/mol. The van der Waals surface area contributed by atoms with Gasteiger partial charge in [-0.2, -0.15) is 0 Å². The Balaban J connectivity index is 2.20. The number of hydrogen-bond acceptors (Lipinski definition) is 5. The molecular weight excluding hydrogens is 244 g/mol. The van der Waals surface area contributed by atoms with Crippen LogP contribution in [-0.4, -0.2) is 37.8 Å². The van der Waals surface area contributed by atoms with Crippen molar-refractivity contribution >= 4 is 5.97 Å². The molecule has 0 bridgehead atoms. The van der Waals surface area contributed by atoms with Gasteiger partial charge >= 0.3 is 5.97 Å². The van der Waals surface area contributed by atoms with E-state index in [2.05, 4.69) is 10.3 Å². The number of nitrogens with zero attached hydrogens (tertiary/aromatic N) is 1. The fourth-order valence-electron chi connectivity index (χ4n) is 2.52. The minimum atomic E-state index is -0.138. The van der Waals surface area contributed by atoms with Crippen LogP contribution in [0.15, 0.2) is 18.3 Å². The van der Waals surface area contributed by atoms with E-state index in [9.17, 15) is 4.79 Å². The summed E-state index contributed by atoms with van der Waals surface area (Å²) in [7, 11) is 1.59. The van der Waals surface area contributed by atoms with Gasteiger partial charge in [-0.3, -0.25) is 4.79 Å². The Bertz CT molecular complexity index is 436. The molecule has 0 radical (unpaired) electrons. The Morgan fingerprint density at radius 3 is 3.16 bits per heavy atom. The van der Waals surface area contributed by atoms with E-state index >= 15 is 0 Å². The fourth-order valence-corrected chi connectivity index (χ4v) is 2.52. The molecule has 1 N–H and O–H groups in total. The van der Waals surface area contributed by atoms with E-state index in [-0.39, 0.29) is 17.8 Å². The van der Waals surface area contributed by atoms with Crippen molar-refractivity contribution in [3.8, 4) is 5.88 Å². The average Bonchev–Trinajstić information content (AvgIpc) is 2.47. The largest absolute Gasteiger partial charge is 0.481 e. The molecule has 0 amide bonds. The first-order valence-corrected chi connectivity index (χ1v) is 6.63. The van der Waals surface area contributed by atoms with Crippen LogP contribution in [0.25, 0.3) is 0 Å². The zero-order valence-corrected chi connectivity index (χ0v) is 11.4. The maximum atomic E-state index is 12.0. The molecule has 1 aliphatic heterocycles. The van der Waals surface area contributed by atoms with E-state index < -0.39 is 0 Å². The molecule has 0 spiro atoms. The summed E-state index contributed by atoms with van der Waals surface area (Å²) in [5, 5.41) is 3.25. The number of esters is 1. The van der Waals surface area contributed by atoms with Crippen molar-refractivity contribution in [2.24, 2.45) is 5.92 Å². The summed E-state index contributed by atoms with van der Waals surface area (Å²) in [5.41, 5.74) is 1.09. The lowest BCUT2D eigenvalue weighted by Gasteiger charge is -2.30. The van der Waals surface area contributed by atoms with Gasteiger partial charge in [0.1, 0.15) is 0 Å². The Morgan fingerprint density at radius 1 is 1.58 bits per heavy atom. The number of ether oxygens (including phenoxy) is 2. The SMILES string of the molecule is CCOC(=O)[C@@H]1CNCC[C@@H]1c1ccnc(OC)c1. The van der Waals surface area contributed by atoms with Crippen molar-refractivity contribution in [2.75, 3.05) is 26.8 Å². The summed E-state index contributed by atoms with van der Waals surface area (Å²) < 4.78 is 10.3. The van der Waals surface area contributed by atoms with Crippen molar-refractivity contribution < 1.29 is 14.3 Å². The zero-order chi connectivity index (χ0) is 13.7. The predicted octanol–water partition coefficient (Wildman–Crippen LogP) is 1.35. The molecule has 0 unspecified atom stereocenters. The number of pyridine rings is 1. The van der Waals surface area contributed by atoms with E-state index in [1.165, 1.54) is 0 Å². The Labute approximate surface area is 113 Å². The summed E-state index contributed by atoms with van der Waals surface area (Å²) >= 11 is 0. The number of piperidine rings is 1. The lowest BCUT2D eigenvalue weighted by atomic mass is 9.81. The summed E-state index contributed by atoms with van der Waals surface area (Å²) in [6.45, 7) is 3.82. The van der Waals surface area contributed by atoms with Crippen LogP contribution in [0.2, 0.25) is 0 Å². The van der Waals surface area contributed by atoms with Crippen LogP contribution in [-0.2, 0) is 9.53 Å². The number of rotatable bonds is 4. The third-order valence-corrected chi connectivity index (χ3v) is 3.47. The Morgan fingerprint density at radius 2 is 2.42 bits per heavy atom. The first-order valence-electron chi connectivity index (χ1n) is 6.63. The van der Waals surface area contributed by atoms with Crippen LogP contribution in [0.4, 0.5) is 0 Å². The number of hydrogen-bond donors (Lipinski definition) is 1. The number of carbonyl (C=O) groups is 1. The Kier molecular flexibility index (Phi) is 4.74. The summed E-state index contributed by atoms with van der Waals surface area (Å²) in [6.07, 6.45) is 2.63. The lowest BCUT2D eigenvalue weighted by molar-refractivity contribution is -0.149. The molecule has 5 nitrogen and oxygen atoms in total. The highest BCUT2D eigenvalue weighted by Gasteiger charge is 2.33. The molecule has 0 saturated carbocycles. The number of nitrogens with one attached hydrogen (secondary N) is 1. The first-order chi connectivity index (χ1) is 9.26. The van der Waals surface area contributed by atoms with Crippen LogP contribution in [0.3, 0.4) is 0 Å². The second-order valence-electron chi connectivity index (χ2n) is 4.59. The minimum Gasteiger partial charge on any atom is -0.481 e. The normalized spacial score (nSPS) is 22.8. The fraction of sp³-hybridized carbons (Fsp3) is 0.571. The molecule has 0 aliphatic carbocycles. The van der Waals surface area contributed by atoms with Crippen LogP contribution in [0, 0.1) is 5.92 Å². The topological polar surface area (TPSA) is 60.5 Å². The van der Waals surface area contributed by atoms with Crippen LogP contribution < -0.4 is 10.1 Å². The molecule has 1 aromatic heterocycles. The van der Waals surface area contributed by atoms with Crippen LogP contribution in [0.5, 0.6) is 5.88 Å². The van der Waals surface area contributed by atoms with Gasteiger partial charge < -0.3 is 14.8 Å². The number of carbonyl (C=O) groups excluding carboxylic acids is 1. The molecule has 2 heterocycles. The third kappa shape index (κ3) is 3.23.